The number of aryl methyl sites for hydroxylation is 1. The molecule has 1 aromatic rings. The van der Waals surface area contributed by atoms with E-state index < -0.39 is 0 Å². The van der Waals surface area contributed by atoms with E-state index in [0.29, 0.717) is 6.04 Å². The van der Waals surface area contributed by atoms with Crippen LogP contribution in [0, 0.1) is 0 Å². The van der Waals surface area contributed by atoms with Gasteiger partial charge in [0.2, 0.25) is 0 Å². The average molecular weight is 191 g/mol. The van der Waals surface area contributed by atoms with Crippen molar-refractivity contribution in [1.82, 2.24) is 9.88 Å². The van der Waals surface area contributed by atoms with Crippen LogP contribution in [0.5, 0.6) is 0 Å². The molecule has 0 spiro atoms. The first-order valence-corrected chi connectivity index (χ1v) is 5.13. The van der Waals surface area contributed by atoms with Crippen LogP contribution in [-0.2, 0) is 12.8 Å². The molecule has 0 radical (unpaired) electrons. The predicted molar refractivity (Wildman–Crippen MR) is 59.4 cm³/mol. The number of rotatable bonds is 3. The number of nitrogens with zero attached hydrogens (tertiary/aromatic N) is 1. The van der Waals surface area contributed by atoms with Crippen molar-refractivity contribution in [2.45, 2.75) is 25.3 Å². The highest BCUT2D eigenvalue weighted by Crippen LogP contribution is 2.23. The number of aromatic amines is 1. The summed E-state index contributed by atoms with van der Waals surface area (Å²) in [6, 6.07) is 0.480. The molecule has 76 valence electrons. The second-order valence-electron chi connectivity index (χ2n) is 3.95. The van der Waals surface area contributed by atoms with Crippen molar-refractivity contribution in [2.75, 3.05) is 13.6 Å². The SMILES string of the molecule is [2H]C(C=C)N(C)C1CCc2c[nH]cc2C1. The van der Waals surface area contributed by atoms with Gasteiger partial charge in [0.15, 0.2) is 0 Å². The molecule has 14 heavy (non-hydrogen) atoms. The van der Waals surface area contributed by atoms with Crippen molar-refractivity contribution in [3.63, 3.8) is 0 Å². The molecule has 1 aliphatic carbocycles. The second kappa shape index (κ2) is 4.01. The number of aromatic nitrogens is 1. The molecule has 1 heterocycles. The zero-order chi connectivity index (χ0) is 10.8. The van der Waals surface area contributed by atoms with Crippen LogP contribution >= 0.6 is 0 Å². The van der Waals surface area contributed by atoms with Gasteiger partial charge in [-0.15, -0.1) is 6.58 Å². The highest BCUT2D eigenvalue weighted by molar-refractivity contribution is 5.27. The minimum atomic E-state index is -0.282. The second-order valence-corrected chi connectivity index (χ2v) is 3.95. The maximum atomic E-state index is 7.81. The lowest BCUT2D eigenvalue weighted by atomic mass is 9.91. The maximum Gasteiger partial charge on any atom is 0.0475 e. The van der Waals surface area contributed by atoms with Crippen LogP contribution in [0.25, 0.3) is 0 Å². The molecule has 2 heteroatoms. The van der Waals surface area contributed by atoms with Crippen LogP contribution in [0.3, 0.4) is 0 Å². The Morgan fingerprint density at radius 2 is 2.50 bits per heavy atom. The van der Waals surface area contributed by atoms with E-state index in [1.54, 1.807) is 6.08 Å². The third kappa shape index (κ3) is 1.75. The van der Waals surface area contributed by atoms with Crippen molar-refractivity contribution in [3.8, 4) is 0 Å². The van der Waals surface area contributed by atoms with E-state index in [-0.39, 0.29) is 6.52 Å². The van der Waals surface area contributed by atoms with Crippen LogP contribution in [0.15, 0.2) is 25.0 Å². The van der Waals surface area contributed by atoms with Crippen LogP contribution < -0.4 is 0 Å². The molecule has 0 bridgehead atoms. The molecule has 0 amide bonds. The Hall–Kier alpha value is -1.02. The van der Waals surface area contributed by atoms with Gasteiger partial charge in [0, 0.05) is 26.3 Å². The Labute approximate surface area is 87.0 Å². The summed E-state index contributed by atoms with van der Waals surface area (Å²) in [5, 5.41) is 0. The van der Waals surface area contributed by atoms with Crippen LogP contribution in [0.1, 0.15) is 18.9 Å². The van der Waals surface area contributed by atoms with Gasteiger partial charge in [0.1, 0.15) is 0 Å². The highest BCUT2D eigenvalue weighted by atomic mass is 15.1. The van der Waals surface area contributed by atoms with E-state index >= 15 is 0 Å². The molecule has 0 saturated heterocycles. The van der Waals surface area contributed by atoms with Crippen molar-refractivity contribution in [2.24, 2.45) is 0 Å². The Balaban J connectivity index is 2.06. The van der Waals surface area contributed by atoms with Gasteiger partial charge >= 0.3 is 0 Å². The van der Waals surface area contributed by atoms with Crippen LogP contribution in [0.2, 0.25) is 0 Å². The first-order chi connectivity index (χ1) is 7.22. The molecule has 0 fully saturated rings. The third-order valence-corrected chi connectivity index (χ3v) is 3.05. The fourth-order valence-electron chi connectivity index (χ4n) is 2.16. The molecular weight excluding hydrogens is 172 g/mol. The lowest BCUT2D eigenvalue weighted by Crippen LogP contribution is -2.36. The van der Waals surface area contributed by atoms with Gasteiger partial charge in [-0.25, -0.2) is 0 Å². The Morgan fingerprint density at radius 3 is 3.29 bits per heavy atom. The summed E-state index contributed by atoms with van der Waals surface area (Å²) in [4.78, 5) is 5.26. The zero-order valence-electron chi connectivity index (χ0n) is 9.66. The lowest BCUT2D eigenvalue weighted by molar-refractivity contribution is 0.244. The van der Waals surface area contributed by atoms with Crippen molar-refractivity contribution < 1.29 is 1.37 Å². The van der Waals surface area contributed by atoms with E-state index in [1.165, 1.54) is 11.1 Å². The smallest absolute Gasteiger partial charge is 0.0475 e. The molecule has 1 aliphatic rings. The molecular formula is C12H18N2. The zero-order valence-corrected chi connectivity index (χ0v) is 8.66. The molecule has 2 nitrogen and oxygen atoms in total. The van der Waals surface area contributed by atoms with Crippen LogP contribution in [0.4, 0.5) is 0 Å². The van der Waals surface area contributed by atoms with Gasteiger partial charge in [0.05, 0.1) is 0 Å². The highest BCUT2D eigenvalue weighted by Gasteiger charge is 2.21. The minimum Gasteiger partial charge on any atom is -0.367 e. The van der Waals surface area contributed by atoms with E-state index in [1.807, 2.05) is 7.05 Å². The molecule has 0 aromatic carbocycles. The van der Waals surface area contributed by atoms with Crippen molar-refractivity contribution in [3.05, 3.63) is 36.2 Å². The standard InChI is InChI=1S/C12H18N2/c1-3-6-14(2)12-5-4-10-8-13-9-11(10)7-12/h3,8-9,12-13H,1,4-7H2,2H3/i6D. The monoisotopic (exact) mass is 191 g/mol. The van der Waals surface area contributed by atoms with Gasteiger partial charge < -0.3 is 4.98 Å². The maximum absolute atomic E-state index is 7.81. The molecule has 1 aromatic heterocycles. The van der Waals surface area contributed by atoms with Gasteiger partial charge in [-0.05, 0) is 37.4 Å². The molecule has 2 rings (SSSR count). The average Bonchev–Trinajstić information content (AvgIpc) is 2.73. The number of nitrogens with one attached hydrogen (secondary N) is 1. The van der Waals surface area contributed by atoms with Crippen molar-refractivity contribution in [1.29, 1.82) is 0 Å². The quantitative estimate of drug-likeness (QED) is 0.724. The number of hydrogen-bond acceptors (Lipinski definition) is 1. The molecule has 0 aliphatic heterocycles. The summed E-state index contributed by atoms with van der Waals surface area (Å²) in [6.45, 7) is 3.39. The third-order valence-electron chi connectivity index (χ3n) is 3.05. The predicted octanol–water partition coefficient (Wildman–Crippen LogP) is 1.99. The summed E-state index contributed by atoms with van der Waals surface area (Å²) in [7, 11) is 2.02. The molecule has 2 unspecified atom stereocenters. The van der Waals surface area contributed by atoms with E-state index in [9.17, 15) is 0 Å². The largest absolute Gasteiger partial charge is 0.367 e. The number of likely N-dealkylation sites (N-methyl/N-ethyl adjacent to an activating group) is 1. The molecule has 0 saturated carbocycles. The summed E-state index contributed by atoms with van der Waals surface area (Å²) in [5.74, 6) is 0. The van der Waals surface area contributed by atoms with E-state index in [4.69, 9.17) is 1.37 Å². The van der Waals surface area contributed by atoms with E-state index in [0.717, 1.165) is 19.3 Å². The fourth-order valence-corrected chi connectivity index (χ4v) is 2.16. The Bertz CT molecular complexity index is 345. The summed E-state index contributed by atoms with van der Waals surface area (Å²) in [6.07, 6.45) is 9.19. The van der Waals surface area contributed by atoms with Crippen LogP contribution in [-0.4, -0.2) is 29.5 Å². The summed E-state index contributed by atoms with van der Waals surface area (Å²) < 4.78 is 7.81. The normalized spacial score (nSPS) is 24.1. The molecule has 1 N–H and O–H groups in total. The van der Waals surface area contributed by atoms with E-state index in [2.05, 4.69) is 28.9 Å². The number of H-pyrrole nitrogens is 1. The summed E-state index contributed by atoms with van der Waals surface area (Å²) in [5.41, 5.74) is 2.86. The fraction of sp³-hybridized carbons (Fsp3) is 0.500. The number of hydrogen-bond donors (Lipinski definition) is 1. The Morgan fingerprint density at radius 1 is 1.71 bits per heavy atom. The molecule has 2 atom stereocenters. The first-order valence-electron chi connectivity index (χ1n) is 5.71. The topological polar surface area (TPSA) is 19.0 Å². The van der Waals surface area contributed by atoms with Gasteiger partial charge in [0.25, 0.3) is 0 Å². The minimum absolute atomic E-state index is 0.282. The van der Waals surface area contributed by atoms with Gasteiger partial charge in [-0.3, -0.25) is 4.90 Å². The Kier molecular flexibility index (Phi) is 2.38. The number of fused-ring (bicyclic) bond motifs is 1. The lowest BCUT2D eigenvalue weighted by Gasteiger charge is -2.30. The summed E-state index contributed by atoms with van der Waals surface area (Å²) >= 11 is 0. The van der Waals surface area contributed by atoms with Gasteiger partial charge in [-0.1, -0.05) is 6.08 Å². The van der Waals surface area contributed by atoms with Gasteiger partial charge in [-0.2, -0.15) is 0 Å². The van der Waals surface area contributed by atoms with Crippen molar-refractivity contribution >= 4 is 0 Å². The first kappa shape index (κ1) is 8.30.